The zero-order valence-corrected chi connectivity index (χ0v) is 28.6. The van der Waals surface area contributed by atoms with Gasteiger partial charge in [-0.3, -0.25) is 0 Å². The molecule has 0 N–H and O–H groups in total. The fourth-order valence-corrected chi connectivity index (χ4v) is 17.1. The Bertz CT molecular complexity index is 1020. The molecule has 1 fully saturated rings. The quantitative estimate of drug-likeness (QED) is 0.153. The zero-order chi connectivity index (χ0) is 30.6. The fourth-order valence-electron chi connectivity index (χ4n) is 3.02. The highest BCUT2D eigenvalue weighted by Crippen LogP contribution is 2.40. The van der Waals surface area contributed by atoms with Gasteiger partial charge in [0.05, 0.1) is 0 Å². The summed E-state index contributed by atoms with van der Waals surface area (Å²) in [6, 6.07) is 0. The average Bonchev–Trinajstić information content (AvgIpc) is 2.75. The van der Waals surface area contributed by atoms with Crippen molar-refractivity contribution in [3.05, 3.63) is 48.6 Å². The highest BCUT2D eigenvalue weighted by molar-refractivity contribution is 6.84. The van der Waals surface area contributed by atoms with Crippen molar-refractivity contribution in [1.82, 2.24) is 0 Å². The van der Waals surface area contributed by atoms with Gasteiger partial charge < -0.3 is 35.4 Å². The monoisotopic (exact) mass is 618 g/mol. The maximum Gasteiger partial charge on any atom is 0.411 e. The summed E-state index contributed by atoms with van der Waals surface area (Å²) in [5, 5.41) is 0. The van der Waals surface area contributed by atoms with Gasteiger partial charge in [0, 0.05) is 29.2 Å². The molecule has 1 aliphatic rings. The van der Waals surface area contributed by atoms with Gasteiger partial charge in [-0.2, -0.15) is 0 Å². The van der Waals surface area contributed by atoms with Crippen LogP contribution in [0.15, 0.2) is 48.6 Å². The molecule has 1 saturated heterocycles. The van der Waals surface area contributed by atoms with Gasteiger partial charge in [0.15, 0.2) is 0 Å². The van der Waals surface area contributed by atoms with Crippen molar-refractivity contribution in [2.45, 2.75) is 72.0 Å². The smallest absolute Gasteiger partial charge is 0.411 e. The van der Waals surface area contributed by atoms with Crippen LogP contribution < -0.4 is 0 Å². The lowest BCUT2D eigenvalue weighted by molar-refractivity contribution is -0.329. The predicted molar refractivity (Wildman–Crippen MR) is 150 cm³/mol. The van der Waals surface area contributed by atoms with Gasteiger partial charge in [0.2, 0.25) is 0 Å². The molecule has 12 nitrogen and oxygen atoms in total. The van der Waals surface area contributed by atoms with E-state index in [1.54, 1.807) is 13.1 Å². The van der Waals surface area contributed by atoms with Crippen LogP contribution in [-0.4, -0.2) is 71.5 Å². The van der Waals surface area contributed by atoms with Crippen LogP contribution in [0, 0.1) is 0 Å². The van der Waals surface area contributed by atoms with Crippen LogP contribution in [0.25, 0.3) is 0 Å². The van der Waals surface area contributed by atoms with Crippen LogP contribution in [-0.2, 0) is 54.6 Å². The largest absolute Gasteiger partial charge is 0.420 e. The first-order valence-electron chi connectivity index (χ1n) is 11.8. The number of carbonyl (C=O) groups excluding carboxylic acids is 4. The van der Waals surface area contributed by atoms with Crippen molar-refractivity contribution in [2.24, 2.45) is 0 Å². The van der Waals surface area contributed by atoms with Gasteiger partial charge in [0.1, 0.15) is 0 Å². The third kappa shape index (κ3) is 9.03. The molecule has 1 heterocycles. The maximum atomic E-state index is 13.1. The molecule has 1 unspecified atom stereocenters. The minimum atomic E-state index is -3.82. The molecule has 0 spiro atoms. The fraction of sp³-hybridized carbons (Fsp3) is 0.478. The molecule has 16 heteroatoms. The average molecular weight is 619 g/mol. The first-order chi connectivity index (χ1) is 17.6. The summed E-state index contributed by atoms with van der Waals surface area (Å²) in [6.07, 6.45) is 0. The molecule has 0 bridgehead atoms. The van der Waals surface area contributed by atoms with Crippen LogP contribution in [0.1, 0.15) is 34.6 Å². The van der Waals surface area contributed by atoms with Gasteiger partial charge in [0.25, 0.3) is 10.0 Å². The van der Waals surface area contributed by atoms with E-state index < -0.39 is 71.5 Å². The van der Waals surface area contributed by atoms with Gasteiger partial charge in [-0.05, 0) is 53.9 Å². The van der Waals surface area contributed by atoms with Crippen LogP contribution >= 0.6 is 0 Å². The Morgan fingerprint density at radius 2 is 1.05 bits per heavy atom. The lowest BCUT2D eigenvalue weighted by Gasteiger charge is -2.48. The Hall–Kier alpha value is -2.45. The van der Waals surface area contributed by atoms with Crippen LogP contribution in [0.5, 0.6) is 0 Å². The van der Waals surface area contributed by atoms with E-state index in [9.17, 15) is 19.2 Å². The standard InChI is InChI=1S/C23H38O12Si4/c1-14(2)18(24)28-22(9,29-19(25)15(3)4)23(30-20(26)16(5)6,31-21(27)17(7)8)37-32-36-33-38(10,11)35-39(12,13)34-37/h37H,1,3,5,7,36H2,2,4,6,8-13H3. The third-order valence-electron chi connectivity index (χ3n) is 4.91. The van der Waals surface area contributed by atoms with Crippen molar-refractivity contribution in [3.8, 4) is 0 Å². The van der Waals surface area contributed by atoms with Crippen molar-refractivity contribution >= 4 is 60.3 Å². The van der Waals surface area contributed by atoms with Crippen LogP contribution in [0.2, 0.25) is 26.2 Å². The van der Waals surface area contributed by atoms with E-state index >= 15 is 0 Å². The Balaban J connectivity index is 4.11. The summed E-state index contributed by atoms with van der Waals surface area (Å²) in [7, 11) is -11.6. The second-order valence-corrected chi connectivity index (χ2v) is 21.6. The number of rotatable bonds is 10. The molecule has 0 radical (unpaired) electrons. The SMILES string of the molecule is C=C(C)C(=O)OC(C)(OC(=O)C(=C)C)C(OC(=O)C(=C)C)(OC(=O)C(=C)C)[SiH]1O[SiH2]O[Si](C)(C)O[Si](C)(C)O1. The molecule has 0 aromatic carbocycles. The molecule has 0 aromatic rings. The Morgan fingerprint density at radius 1 is 0.692 bits per heavy atom. The van der Waals surface area contributed by atoms with E-state index in [0.29, 0.717) is 0 Å². The number of hydrogen-bond acceptors (Lipinski definition) is 12. The topological polar surface area (TPSA) is 142 Å². The zero-order valence-electron chi connectivity index (χ0n) is 24.0. The minimum absolute atomic E-state index is 0.108. The van der Waals surface area contributed by atoms with Crippen molar-refractivity contribution < 1.29 is 54.6 Å². The Labute approximate surface area is 235 Å². The molecule has 1 rings (SSSR count). The Kier molecular flexibility index (Phi) is 11.4. The van der Waals surface area contributed by atoms with Crippen molar-refractivity contribution in [2.75, 3.05) is 0 Å². The summed E-state index contributed by atoms with van der Waals surface area (Å²) < 4.78 is 47.3. The Morgan fingerprint density at radius 3 is 1.41 bits per heavy atom. The summed E-state index contributed by atoms with van der Waals surface area (Å²) >= 11 is 0. The van der Waals surface area contributed by atoms with Crippen molar-refractivity contribution in [1.29, 1.82) is 0 Å². The summed E-state index contributed by atoms with van der Waals surface area (Å²) in [5.41, 5.74) is -3.25. The first kappa shape index (κ1) is 34.6. The normalized spacial score (nSPS) is 19.5. The lowest BCUT2D eigenvalue weighted by Crippen LogP contribution is -2.73. The molecule has 39 heavy (non-hydrogen) atoms. The summed E-state index contributed by atoms with van der Waals surface area (Å²) in [5.74, 6) is -6.99. The van der Waals surface area contributed by atoms with Gasteiger partial charge >= 0.3 is 61.5 Å². The van der Waals surface area contributed by atoms with Gasteiger partial charge in [-0.15, -0.1) is 0 Å². The van der Waals surface area contributed by atoms with E-state index in [0.717, 1.165) is 6.92 Å². The van der Waals surface area contributed by atoms with Crippen molar-refractivity contribution in [3.63, 3.8) is 0 Å². The third-order valence-corrected chi connectivity index (χ3v) is 18.4. The van der Waals surface area contributed by atoms with E-state index in [1.165, 1.54) is 27.7 Å². The molecule has 218 valence electrons. The number of esters is 4. The second-order valence-electron chi connectivity index (χ2n) is 10.1. The molecule has 0 aliphatic carbocycles. The minimum Gasteiger partial charge on any atom is -0.420 e. The summed E-state index contributed by atoms with van der Waals surface area (Å²) in [4.78, 5) is 51.9. The molecule has 1 atom stereocenters. The second kappa shape index (κ2) is 12.8. The van der Waals surface area contributed by atoms with Gasteiger partial charge in [-0.1, -0.05) is 26.3 Å². The van der Waals surface area contributed by atoms with E-state index in [1.807, 2.05) is 13.1 Å². The molecule has 0 saturated carbocycles. The number of hydrogen-bond donors (Lipinski definition) is 0. The molecule has 1 aliphatic heterocycles. The molecular weight excluding hydrogens is 581 g/mol. The van der Waals surface area contributed by atoms with Crippen LogP contribution in [0.4, 0.5) is 0 Å². The van der Waals surface area contributed by atoms with E-state index in [-0.39, 0.29) is 22.3 Å². The predicted octanol–water partition coefficient (Wildman–Crippen LogP) is 2.12. The van der Waals surface area contributed by atoms with E-state index in [2.05, 4.69) is 26.3 Å². The first-order valence-corrected chi connectivity index (χ1v) is 20.1. The number of carbonyl (C=O) groups is 4. The molecule has 0 aromatic heterocycles. The highest BCUT2D eigenvalue weighted by atomic mass is 28.5. The van der Waals surface area contributed by atoms with E-state index in [4.69, 9.17) is 35.4 Å². The number of ether oxygens (including phenoxy) is 4. The lowest BCUT2D eigenvalue weighted by atomic mass is 10.2. The maximum absolute atomic E-state index is 13.1. The highest BCUT2D eigenvalue weighted by Gasteiger charge is 2.71. The van der Waals surface area contributed by atoms with Crippen LogP contribution in [0.3, 0.4) is 0 Å². The summed E-state index contributed by atoms with van der Waals surface area (Å²) in [6.45, 7) is 27.6. The van der Waals surface area contributed by atoms with Gasteiger partial charge in [-0.25, -0.2) is 19.2 Å². The molecule has 0 amide bonds. The molecular formula is C23H38O12Si4.